The first-order valence-corrected chi connectivity index (χ1v) is 12.4. The number of carbonyl (C=O) groups is 1. The van der Waals surface area contributed by atoms with Crippen LogP contribution in [0.25, 0.3) is 0 Å². The monoisotopic (exact) mass is 441 g/mol. The number of halogens is 1. The van der Waals surface area contributed by atoms with Crippen molar-refractivity contribution in [1.29, 1.82) is 0 Å². The quantitative estimate of drug-likeness (QED) is 0.515. The first-order valence-electron chi connectivity index (χ1n) is 9.43. The third kappa shape index (κ3) is 4.32. The van der Waals surface area contributed by atoms with E-state index < -0.39 is 7.14 Å². The second kappa shape index (κ2) is 8.09. The van der Waals surface area contributed by atoms with Gasteiger partial charge in [-0.15, -0.1) is 0 Å². The molecular formula is C21H21ClN5O2P. The topological polar surface area (TPSA) is 96.0 Å². The Hall–Kier alpha value is -2.89. The first-order chi connectivity index (χ1) is 14.3. The van der Waals surface area contributed by atoms with Crippen molar-refractivity contribution in [3.8, 4) is 0 Å². The SMILES string of the molecule is CP(C)(=O)c1ccccc1Nc1nc(Nc2ccc3c(c2)C(=O)NCC3)ncc1Cl. The average Bonchev–Trinajstić information content (AvgIpc) is 2.71. The predicted octanol–water partition coefficient (Wildman–Crippen LogP) is 4.15. The number of para-hydroxylation sites is 1. The van der Waals surface area contributed by atoms with Crippen LogP contribution >= 0.6 is 18.7 Å². The Morgan fingerprint density at radius 2 is 1.93 bits per heavy atom. The van der Waals surface area contributed by atoms with Gasteiger partial charge in [0.25, 0.3) is 5.91 Å². The van der Waals surface area contributed by atoms with Crippen LogP contribution in [-0.2, 0) is 11.0 Å². The minimum absolute atomic E-state index is 0.0838. The average molecular weight is 442 g/mol. The van der Waals surface area contributed by atoms with Crippen LogP contribution in [0.2, 0.25) is 5.02 Å². The van der Waals surface area contributed by atoms with Gasteiger partial charge < -0.3 is 20.5 Å². The molecule has 7 nitrogen and oxygen atoms in total. The summed E-state index contributed by atoms with van der Waals surface area (Å²) in [6, 6.07) is 13.0. The minimum atomic E-state index is -2.49. The highest BCUT2D eigenvalue weighted by molar-refractivity contribution is 7.70. The van der Waals surface area contributed by atoms with E-state index in [2.05, 4.69) is 25.9 Å². The van der Waals surface area contributed by atoms with Crippen LogP contribution in [0.1, 0.15) is 15.9 Å². The molecular weight excluding hydrogens is 421 g/mol. The summed E-state index contributed by atoms with van der Waals surface area (Å²) in [5, 5.41) is 10.2. The molecule has 0 radical (unpaired) electrons. The van der Waals surface area contributed by atoms with Crippen molar-refractivity contribution < 1.29 is 9.36 Å². The number of nitrogens with one attached hydrogen (secondary N) is 3. The van der Waals surface area contributed by atoms with Crippen molar-refractivity contribution in [2.24, 2.45) is 0 Å². The number of nitrogens with zero attached hydrogens (tertiary/aromatic N) is 2. The molecule has 2 heterocycles. The number of hydrogen-bond donors (Lipinski definition) is 3. The lowest BCUT2D eigenvalue weighted by Crippen LogP contribution is -2.31. The highest BCUT2D eigenvalue weighted by Gasteiger charge is 2.18. The molecule has 3 N–H and O–H groups in total. The van der Waals surface area contributed by atoms with Crippen molar-refractivity contribution in [1.82, 2.24) is 15.3 Å². The molecule has 1 aromatic heterocycles. The number of rotatable bonds is 5. The van der Waals surface area contributed by atoms with E-state index in [1.165, 1.54) is 6.20 Å². The van der Waals surface area contributed by atoms with Crippen LogP contribution in [0.5, 0.6) is 0 Å². The molecule has 0 aliphatic carbocycles. The summed E-state index contributed by atoms with van der Waals surface area (Å²) in [5.74, 6) is 0.636. The molecule has 0 bridgehead atoms. The maximum atomic E-state index is 12.6. The fourth-order valence-electron chi connectivity index (χ4n) is 3.31. The molecule has 4 rings (SSSR count). The zero-order valence-corrected chi connectivity index (χ0v) is 18.2. The summed E-state index contributed by atoms with van der Waals surface area (Å²) in [6.07, 6.45) is 2.30. The van der Waals surface area contributed by atoms with Crippen LogP contribution in [0.15, 0.2) is 48.7 Å². The number of anilines is 4. The molecule has 0 spiro atoms. The second-order valence-corrected chi connectivity index (χ2v) is 11.0. The highest BCUT2D eigenvalue weighted by Crippen LogP contribution is 2.38. The number of amides is 1. The van der Waals surface area contributed by atoms with Gasteiger partial charge >= 0.3 is 0 Å². The summed E-state index contributed by atoms with van der Waals surface area (Å²) in [5.41, 5.74) is 3.05. The van der Waals surface area contributed by atoms with E-state index in [0.717, 1.165) is 17.3 Å². The number of aromatic nitrogens is 2. The number of benzene rings is 2. The molecule has 0 saturated heterocycles. The van der Waals surface area contributed by atoms with Crippen LogP contribution in [0.4, 0.5) is 23.1 Å². The number of carbonyl (C=O) groups excluding carboxylic acids is 1. The van der Waals surface area contributed by atoms with Crippen molar-refractivity contribution in [2.75, 3.05) is 30.5 Å². The minimum Gasteiger partial charge on any atom is -0.352 e. The summed E-state index contributed by atoms with van der Waals surface area (Å²) in [6.45, 7) is 4.08. The highest BCUT2D eigenvalue weighted by atomic mass is 35.5. The van der Waals surface area contributed by atoms with Crippen LogP contribution in [0.3, 0.4) is 0 Å². The van der Waals surface area contributed by atoms with Gasteiger partial charge in [-0.3, -0.25) is 4.79 Å². The summed E-state index contributed by atoms with van der Waals surface area (Å²) in [4.78, 5) is 20.8. The van der Waals surface area contributed by atoms with Crippen LogP contribution < -0.4 is 21.3 Å². The van der Waals surface area contributed by atoms with E-state index in [0.29, 0.717) is 40.3 Å². The van der Waals surface area contributed by atoms with Crippen molar-refractivity contribution >= 4 is 53.1 Å². The second-order valence-electron chi connectivity index (χ2n) is 7.39. The Labute approximate surface area is 179 Å². The van der Waals surface area contributed by atoms with Gasteiger partial charge in [-0.25, -0.2) is 4.98 Å². The van der Waals surface area contributed by atoms with Gasteiger partial charge in [0.15, 0.2) is 5.82 Å². The molecule has 1 amide bonds. The molecule has 1 aliphatic heterocycles. The Bertz CT molecular complexity index is 1180. The zero-order valence-electron chi connectivity index (χ0n) is 16.6. The lowest BCUT2D eigenvalue weighted by atomic mass is 10.00. The van der Waals surface area contributed by atoms with Crippen LogP contribution in [0, 0.1) is 0 Å². The van der Waals surface area contributed by atoms with Gasteiger partial charge in [0, 0.05) is 23.1 Å². The summed E-state index contributed by atoms with van der Waals surface area (Å²) in [7, 11) is -2.49. The van der Waals surface area contributed by atoms with E-state index in [1.54, 1.807) is 19.4 Å². The van der Waals surface area contributed by atoms with Gasteiger partial charge in [0.2, 0.25) is 5.95 Å². The zero-order chi connectivity index (χ0) is 21.3. The molecule has 154 valence electrons. The maximum Gasteiger partial charge on any atom is 0.251 e. The maximum absolute atomic E-state index is 12.6. The van der Waals surface area contributed by atoms with Gasteiger partial charge in [-0.05, 0) is 49.6 Å². The largest absolute Gasteiger partial charge is 0.352 e. The van der Waals surface area contributed by atoms with E-state index in [9.17, 15) is 9.36 Å². The lowest BCUT2D eigenvalue weighted by Gasteiger charge is -2.18. The fraction of sp³-hybridized carbons (Fsp3) is 0.190. The van der Waals surface area contributed by atoms with Crippen molar-refractivity contribution in [3.63, 3.8) is 0 Å². The van der Waals surface area contributed by atoms with Crippen molar-refractivity contribution in [3.05, 3.63) is 64.8 Å². The van der Waals surface area contributed by atoms with E-state index in [-0.39, 0.29) is 5.91 Å². The molecule has 0 fully saturated rings. The van der Waals surface area contributed by atoms with E-state index in [1.807, 2.05) is 36.4 Å². The fourth-order valence-corrected chi connectivity index (χ4v) is 4.60. The molecule has 3 aromatic rings. The predicted molar refractivity (Wildman–Crippen MR) is 122 cm³/mol. The molecule has 9 heteroatoms. The molecule has 1 aliphatic rings. The number of hydrogen-bond acceptors (Lipinski definition) is 6. The Morgan fingerprint density at radius 1 is 1.13 bits per heavy atom. The molecule has 2 aromatic carbocycles. The molecule has 0 saturated carbocycles. The Morgan fingerprint density at radius 3 is 2.73 bits per heavy atom. The molecule has 30 heavy (non-hydrogen) atoms. The van der Waals surface area contributed by atoms with Crippen molar-refractivity contribution in [2.45, 2.75) is 6.42 Å². The first kappa shape index (κ1) is 20.4. The smallest absolute Gasteiger partial charge is 0.251 e. The van der Waals surface area contributed by atoms with Gasteiger partial charge in [-0.1, -0.05) is 29.8 Å². The van der Waals surface area contributed by atoms with E-state index >= 15 is 0 Å². The molecule has 0 unspecified atom stereocenters. The molecule has 0 atom stereocenters. The third-order valence-electron chi connectivity index (χ3n) is 4.77. The lowest BCUT2D eigenvalue weighted by molar-refractivity contribution is 0.0946. The Balaban J connectivity index is 1.62. The normalized spacial score (nSPS) is 13.4. The van der Waals surface area contributed by atoms with Gasteiger partial charge in [0.05, 0.1) is 11.9 Å². The summed E-state index contributed by atoms with van der Waals surface area (Å²) >= 11 is 6.29. The summed E-state index contributed by atoms with van der Waals surface area (Å²) < 4.78 is 12.6. The van der Waals surface area contributed by atoms with Gasteiger partial charge in [-0.2, -0.15) is 4.98 Å². The van der Waals surface area contributed by atoms with Crippen LogP contribution in [-0.4, -0.2) is 35.7 Å². The van der Waals surface area contributed by atoms with Gasteiger partial charge in [0.1, 0.15) is 12.2 Å². The third-order valence-corrected chi connectivity index (χ3v) is 6.60. The Kier molecular flexibility index (Phi) is 5.50. The standard InChI is InChI=1S/C21H21ClN5O2P/c1-30(2,29)18-6-4-3-5-17(18)26-19-16(22)12-24-21(27-19)25-14-8-7-13-9-10-23-20(28)15(13)11-14/h3-8,11-12H,9-10H2,1-2H3,(H,23,28)(H2,24,25,26,27). The number of fused-ring (bicyclic) bond motifs is 1. The van der Waals surface area contributed by atoms with E-state index in [4.69, 9.17) is 11.6 Å².